The Bertz CT molecular complexity index is 2580. The number of rotatable bonds is 9. The largest absolute Gasteiger partial charge is 0.481 e. The third kappa shape index (κ3) is 6.20. The zero-order valence-corrected chi connectivity index (χ0v) is 33.5. The van der Waals surface area contributed by atoms with Gasteiger partial charge in [-0.25, -0.2) is 0 Å². The van der Waals surface area contributed by atoms with Crippen molar-refractivity contribution in [2.24, 2.45) is 5.92 Å². The molecule has 11 nitrogen and oxygen atoms in total. The molecule has 2 aliphatic carbocycles. The van der Waals surface area contributed by atoms with E-state index >= 15 is 0 Å². The molecule has 3 aliphatic heterocycles. The molecule has 3 saturated heterocycles. The maximum Gasteiger partial charge on any atom is 0.307 e. The van der Waals surface area contributed by atoms with Crippen molar-refractivity contribution in [1.29, 1.82) is 5.26 Å². The fourth-order valence-electron chi connectivity index (χ4n) is 10.2. The Kier molecular flexibility index (Phi) is 9.17. The van der Waals surface area contributed by atoms with Crippen LogP contribution in [-0.2, 0) is 29.0 Å². The first-order valence-electron chi connectivity index (χ1n) is 19.9. The number of amides is 1. The topological polar surface area (TPSA) is 141 Å². The number of likely N-dealkylation sites (tertiary alicyclic amines) is 2. The van der Waals surface area contributed by atoms with E-state index in [1.54, 1.807) is 7.11 Å². The Labute approximate surface area is 345 Å². The van der Waals surface area contributed by atoms with E-state index in [0.29, 0.717) is 64.6 Å². The third-order valence-corrected chi connectivity index (χ3v) is 13.7. The van der Waals surface area contributed by atoms with Crippen LogP contribution in [0.15, 0.2) is 59.0 Å². The van der Waals surface area contributed by atoms with Crippen molar-refractivity contribution in [2.75, 3.05) is 33.3 Å². The minimum Gasteiger partial charge on any atom is -0.481 e. The van der Waals surface area contributed by atoms with Gasteiger partial charge < -0.3 is 24.3 Å². The molecule has 5 heterocycles. The van der Waals surface area contributed by atoms with Crippen molar-refractivity contribution in [2.45, 2.75) is 69.2 Å². The minimum atomic E-state index is -0.749. The highest BCUT2D eigenvalue weighted by Crippen LogP contribution is 2.48. The molecule has 3 atom stereocenters. The van der Waals surface area contributed by atoms with Gasteiger partial charge in [-0.3, -0.25) is 19.4 Å². The molecule has 0 saturated carbocycles. The zero-order valence-electron chi connectivity index (χ0n) is 31.9. The standard InChI is InChI=1S/C45H41Cl2N5O6/c1-56-42-26(20-51-22-45(23-51)14-12-39(53)50-45)17-35(46)43(49-42)58-37-11-9-28-27(4-2-5-30(28)37)31-6-3-7-32(40(31)47)38-18-25-16-33-29(34(19-48)41(25)57-38)8-10-36(33)52-15-13-24(21-52)44(54)55/h2-7,16-18,24,36-37H,8-15,20-23H2,1H3,(H,50,53)(H,54,55)/t24-,36-,37+/m1/s1. The molecule has 2 N–H and O–H groups in total. The van der Waals surface area contributed by atoms with Gasteiger partial charge in [-0.2, -0.15) is 10.2 Å². The lowest BCUT2D eigenvalue weighted by Gasteiger charge is -2.48. The first-order chi connectivity index (χ1) is 28.1. The van der Waals surface area contributed by atoms with Crippen LogP contribution in [-0.4, -0.2) is 70.6 Å². The molecule has 0 unspecified atom stereocenters. The van der Waals surface area contributed by atoms with Crippen LogP contribution in [0.3, 0.4) is 0 Å². The lowest BCUT2D eigenvalue weighted by atomic mass is 9.88. The number of furan rings is 1. The number of carboxylic acids is 1. The Morgan fingerprint density at radius 2 is 1.81 bits per heavy atom. The van der Waals surface area contributed by atoms with Gasteiger partial charge in [0.2, 0.25) is 17.7 Å². The first kappa shape index (κ1) is 37.2. The summed E-state index contributed by atoms with van der Waals surface area (Å²) in [5, 5.41) is 24.9. The van der Waals surface area contributed by atoms with Crippen LogP contribution in [0.5, 0.6) is 11.8 Å². The molecule has 5 aliphatic rings. The molecular weight excluding hydrogens is 777 g/mol. The molecule has 3 aromatic carbocycles. The number of fused-ring (bicyclic) bond motifs is 3. The zero-order chi connectivity index (χ0) is 39.9. The Morgan fingerprint density at radius 3 is 2.57 bits per heavy atom. The van der Waals surface area contributed by atoms with Crippen LogP contribution in [0.4, 0.5) is 0 Å². The number of nitrogens with one attached hydrogen (secondary N) is 1. The summed E-state index contributed by atoms with van der Waals surface area (Å²) in [6.07, 6.45) is 4.89. The number of carbonyl (C=O) groups excluding carboxylic acids is 1. The van der Waals surface area contributed by atoms with Crippen LogP contribution in [0.1, 0.15) is 77.6 Å². The number of carbonyl (C=O) groups is 2. The van der Waals surface area contributed by atoms with E-state index in [1.807, 2.05) is 36.4 Å². The number of ether oxygens (including phenoxy) is 2. The average Bonchev–Trinajstić information content (AvgIpc) is 4.05. The maximum atomic E-state index is 11.8. The van der Waals surface area contributed by atoms with E-state index in [-0.39, 0.29) is 29.5 Å². The minimum absolute atomic E-state index is 0.0783. The monoisotopic (exact) mass is 817 g/mol. The molecular formula is C45H41Cl2N5O6. The number of benzene rings is 3. The van der Waals surface area contributed by atoms with E-state index in [0.717, 1.165) is 102 Å². The fourth-order valence-corrected chi connectivity index (χ4v) is 10.8. The normalized spacial score (nSPS) is 22.2. The fraction of sp³-hybridized carbons (Fsp3) is 0.378. The highest BCUT2D eigenvalue weighted by Gasteiger charge is 2.47. The first-order valence-corrected chi connectivity index (χ1v) is 20.7. The molecule has 5 aromatic rings. The third-order valence-electron chi connectivity index (χ3n) is 13.0. The molecule has 1 amide bonds. The van der Waals surface area contributed by atoms with Gasteiger partial charge in [-0.1, -0.05) is 53.5 Å². The smallest absolute Gasteiger partial charge is 0.307 e. The summed E-state index contributed by atoms with van der Waals surface area (Å²) in [6.45, 7) is 3.42. The highest BCUT2D eigenvalue weighted by atomic mass is 35.5. The summed E-state index contributed by atoms with van der Waals surface area (Å²) >= 11 is 14.1. The molecule has 13 heteroatoms. The van der Waals surface area contributed by atoms with Gasteiger partial charge in [0.1, 0.15) is 23.0 Å². The van der Waals surface area contributed by atoms with Crippen molar-refractivity contribution in [3.63, 3.8) is 0 Å². The Balaban J connectivity index is 0.905. The second kappa shape index (κ2) is 14.3. The number of aromatic nitrogens is 1. The second-order valence-electron chi connectivity index (χ2n) is 16.4. The number of methoxy groups -OCH3 is 1. The number of carboxylic acid groups (broad SMARTS) is 1. The highest BCUT2D eigenvalue weighted by molar-refractivity contribution is 6.36. The van der Waals surface area contributed by atoms with Gasteiger partial charge in [0.05, 0.1) is 29.2 Å². The van der Waals surface area contributed by atoms with Gasteiger partial charge in [-0.05, 0) is 97.2 Å². The van der Waals surface area contributed by atoms with Crippen molar-refractivity contribution in [3.05, 3.63) is 98.0 Å². The van der Waals surface area contributed by atoms with Crippen molar-refractivity contribution in [1.82, 2.24) is 20.1 Å². The van der Waals surface area contributed by atoms with Gasteiger partial charge in [0.15, 0.2) is 5.58 Å². The number of aliphatic carboxylic acids is 1. The molecule has 3 fully saturated rings. The number of halogens is 2. The summed E-state index contributed by atoms with van der Waals surface area (Å²) in [4.78, 5) is 32.7. The maximum absolute atomic E-state index is 11.8. The second-order valence-corrected chi connectivity index (χ2v) is 17.2. The summed E-state index contributed by atoms with van der Waals surface area (Å²) in [5.74, 6) is 0.368. The molecule has 10 rings (SSSR count). The Morgan fingerprint density at radius 1 is 1.02 bits per heavy atom. The lowest BCUT2D eigenvalue weighted by Crippen LogP contribution is -2.66. The van der Waals surface area contributed by atoms with Gasteiger partial charge >= 0.3 is 5.97 Å². The van der Waals surface area contributed by atoms with Crippen LogP contribution in [0.2, 0.25) is 10.0 Å². The molecule has 58 heavy (non-hydrogen) atoms. The van der Waals surface area contributed by atoms with E-state index in [9.17, 15) is 20.0 Å². The SMILES string of the molecule is COc1nc(O[C@H]2CCc3c(-c4cccc(-c5cc6cc7c(c(C#N)c6o5)CC[C@H]7N5CC[C@@H](C(=O)O)C5)c4Cl)cccc32)c(Cl)cc1CN1CC2(CCC(=O)N2)C1. The number of nitriles is 1. The molecule has 0 radical (unpaired) electrons. The quantitative estimate of drug-likeness (QED) is 0.149. The lowest BCUT2D eigenvalue weighted by molar-refractivity contribution is -0.141. The van der Waals surface area contributed by atoms with Gasteiger partial charge in [-0.15, -0.1) is 0 Å². The number of hydrogen-bond acceptors (Lipinski definition) is 9. The molecule has 0 bridgehead atoms. The van der Waals surface area contributed by atoms with Gasteiger partial charge in [0.25, 0.3) is 0 Å². The molecule has 296 valence electrons. The molecule has 1 spiro atoms. The summed E-state index contributed by atoms with van der Waals surface area (Å²) in [7, 11) is 1.59. The number of hydrogen-bond donors (Lipinski definition) is 2. The van der Waals surface area contributed by atoms with E-state index < -0.39 is 5.97 Å². The number of nitrogens with zero attached hydrogens (tertiary/aromatic N) is 4. The summed E-state index contributed by atoms with van der Waals surface area (Å²) < 4.78 is 18.7. The summed E-state index contributed by atoms with van der Waals surface area (Å²) in [6, 6.07) is 20.6. The van der Waals surface area contributed by atoms with Gasteiger partial charge in [0, 0.05) is 60.7 Å². The van der Waals surface area contributed by atoms with Crippen molar-refractivity contribution >= 4 is 46.0 Å². The van der Waals surface area contributed by atoms with Crippen LogP contribution in [0.25, 0.3) is 33.4 Å². The van der Waals surface area contributed by atoms with Crippen LogP contribution < -0.4 is 14.8 Å². The Hall–Kier alpha value is -5.12. The van der Waals surface area contributed by atoms with Crippen LogP contribution in [0, 0.1) is 17.2 Å². The van der Waals surface area contributed by atoms with E-state index in [4.69, 9.17) is 42.1 Å². The van der Waals surface area contributed by atoms with Crippen molar-refractivity contribution < 1.29 is 28.6 Å². The van der Waals surface area contributed by atoms with Crippen LogP contribution >= 0.6 is 23.2 Å². The molecule has 2 aromatic heterocycles. The van der Waals surface area contributed by atoms with E-state index in [2.05, 4.69) is 39.4 Å². The van der Waals surface area contributed by atoms with Crippen molar-refractivity contribution in [3.8, 4) is 40.3 Å². The predicted octanol–water partition coefficient (Wildman–Crippen LogP) is 8.27. The average molecular weight is 819 g/mol. The number of pyridine rings is 1. The predicted molar refractivity (Wildman–Crippen MR) is 218 cm³/mol. The summed E-state index contributed by atoms with van der Waals surface area (Å²) in [5.41, 5.74) is 8.71. The van der Waals surface area contributed by atoms with E-state index in [1.165, 1.54) is 0 Å².